The van der Waals surface area contributed by atoms with E-state index in [9.17, 15) is 0 Å². The van der Waals surface area contributed by atoms with Crippen molar-refractivity contribution < 1.29 is 4.74 Å². The van der Waals surface area contributed by atoms with Crippen molar-refractivity contribution in [3.63, 3.8) is 0 Å². The molecular formula is C22H29N3O. The second-order valence-corrected chi connectivity index (χ2v) is 6.67. The largest absolute Gasteiger partial charge is 0.377 e. The van der Waals surface area contributed by atoms with E-state index in [0.29, 0.717) is 0 Å². The molecule has 0 amide bonds. The summed E-state index contributed by atoms with van der Waals surface area (Å²) in [5.41, 5.74) is 2.72. The summed E-state index contributed by atoms with van der Waals surface area (Å²) in [5, 5.41) is 9.43. The Morgan fingerprint density at radius 1 is 1.19 bits per heavy atom. The molecule has 0 aliphatic carbocycles. The smallest absolute Gasteiger partial charge is 0.191 e. The van der Waals surface area contributed by atoms with Gasteiger partial charge in [-0.1, -0.05) is 48.0 Å². The monoisotopic (exact) mass is 351 g/mol. The standard InChI is InChI=1S/C22H29N3O/c1-3-23-22(24-13-10-18-11-14-26-15-12-18)25-17(2)20-9-8-19-6-4-5-7-21(19)16-20/h4-9,11,16-17H,3,10,12-15H2,1-2H3,(H2,23,24,25). The summed E-state index contributed by atoms with van der Waals surface area (Å²) in [6.07, 6.45) is 4.23. The summed E-state index contributed by atoms with van der Waals surface area (Å²) >= 11 is 0. The summed E-state index contributed by atoms with van der Waals surface area (Å²) in [4.78, 5) is 4.75. The van der Waals surface area contributed by atoms with Gasteiger partial charge >= 0.3 is 0 Å². The molecule has 1 unspecified atom stereocenters. The second kappa shape index (κ2) is 9.39. The van der Waals surface area contributed by atoms with Crippen LogP contribution in [0.2, 0.25) is 0 Å². The molecule has 0 aromatic heterocycles. The molecule has 1 aliphatic heterocycles. The lowest BCUT2D eigenvalue weighted by atomic mass is 10.0. The van der Waals surface area contributed by atoms with Gasteiger partial charge in [0.05, 0.1) is 19.3 Å². The van der Waals surface area contributed by atoms with E-state index in [1.807, 2.05) is 0 Å². The van der Waals surface area contributed by atoms with Gasteiger partial charge in [0.1, 0.15) is 0 Å². The van der Waals surface area contributed by atoms with Crippen molar-refractivity contribution in [3.05, 3.63) is 59.7 Å². The maximum Gasteiger partial charge on any atom is 0.191 e. The topological polar surface area (TPSA) is 45.7 Å². The van der Waals surface area contributed by atoms with E-state index < -0.39 is 0 Å². The van der Waals surface area contributed by atoms with Crippen LogP contribution >= 0.6 is 0 Å². The van der Waals surface area contributed by atoms with Crippen LogP contribution in [-0.2, 0) is 4.74 Å². The van der Waals surface area contributed by atoms with Crippen molar-refractivity contribution in [2.24, 2.45) is 4.99 Å². The normalized spacial score (nSPS) is 16.2. The Hall–Kier alpha value is -2.33. The van der Waals surface area contributed by atoms with Gasteiger partial charge in [-0.2, -0.15) is 0 Å². The van der Waals surface area contributed by atoms with Gasteiger partial charge in [-0.05, 0) is 49.1 Å². The number of nitrogens with one attached hydrogen (secondary N) is 2. The van der Waals surface area contributed by atoms with Crippen LogP contribution in [0.3, 0.4) is 0 Å². The van der Waals surface area contributed by atoms with Crippen molar-refractivity contribution in [1.29, 1.82) is 0 Å². The van der Waals surface area contributed by atoms with E-state index >= 15 is 0 Å². The Morgan fingerprint density at radius 2 is 2.04 bits per heavy atom. The molecule has 26 heavy (non-hydrogen) atoms. The first-order valence-electron chi connectivity index (χ1n) is 9.55. The number of rotatable bonds is 6. The van der Waals surface area contributed by atoms with Crippen LogP contribution in [0.25, 0.3) is 10.8 Å². The van der Waals surface area contributed by atoms with Crippen molar-refractivity contribution in [2.75, 3.05) is 26.3 Å². The minimum atomic E-state index is 0.194. The van der Waals surface area contributed by atoms with Crippen LogP contribution in [-0.4, -0.2) is 32.3 Å². The molecule has 3 rings (SSSR count). The van der Waals surface area contributed by atoms with Gasteiger partial charge in [-0.15, -0.1) is 0 Å². The number of guanidine groups is 1. The molecule has 0 fully saturated rings. The van der Waals surface area contributed by atoms with E-state index in [0.717, 1.165) is 45.1 Å². The Morgan fingerprint density at radius 3 is 2.81 bits per heavy atom. The molecule has 1 heterocycles. The average Bonchev–Trinajstić information content (AvgIpc) is 2.68. The highest BCUT2D eigenvalue weighted by atomic mass is 16.5. The average molecular weight is 351 g/mol. The van der Waals surface area contributed by atoms with Gasteiger partial charge in [-0.25, -0.2) is 0 Å². The molecule has 4 nitrogen and oxygen atoms in total. The summed E-state index contributed by atoms with van der Waals surface area (Å²) < 4.78 is 5.36. The van der Waals surface area contributed by atoms with E-state index in [2.05, 4.69) is 73.0 Å². The summed E-state index contributed by atoms with van der Waals surface area (Å²) in [7, 11) is 0. The molecule has 138 valence electrons. The molecule has 4 heteroatoms. The maximum absolute atomic E-state index is 5.36. The molecule has 2 aromatic rings. The van der Waals surface area contributed by atoms with E-state index in [1.54, 1.807) is 0 Å². The van der Waals surface area contributed by atoms with Gasteiger partial charge in [0.25, 0.3) is 0 Å². The fourth-order valence-corrected chi connectivity index (χ4v) is 3.19. The maximum atomic E-state index is 5.36. The summed E-state index contributed by atoms with van der Waals surface area (Å²) in [6.45, 7) is 7.51. The quantitative estimate of drug-likeness (QED) is 0.466. The van der Waals surface area contributed by atoms with Gasteiger partial charge in [0.15, 0.2) is 5.96 Å². The molecule has 1 aliphatic rings. The highest BCUT2D eigenvalue weighted by Gasteiger charge is 2.09. The molecule has 2 N–H and O–H groups in total. The molecule has 0 radical (unpaired) electrons. The first kappa shape index (κ1) is 18.5. The zero-order chi connectivity index (χ0) is 18.2. The third-order valence-electron chi connectivity index (χ3n) is 4.73. The third kappa shape index (κ3) is 5.09. The van der Waals surface area contributed by atoms with Crippen LogP contribution in [0.5, 0.6) is 0 Å². The highest BCUT2D eigenvalue weighted by Crippen LogP contribution is 2.20. The van der Waals surface area contributed by atoms with Crippen molar-refractivity contribution in [2.45, 2.75) is 32.7 Å². The van der Waals surface area contributed by atoms with Crippen molar-refractivity contribution in [1.82, 2.24) is 10.6 Å². The summed E-state index contributed by atoms with van der Waals surface area (Å²) in [6, 6.07) is 15.3. The highest BCUT2D eigenvalue weighted by molar-refractivity contribution is 5.84. The predicted octanol–water partition coefficient (Wildman–Crippen LogP) is 4.19. The lowest BCUT2D eigenvalue weighted by Crippen LogP contribution is -2.38. The van der Waals surface area contributed by atoms with Gasteiger partial charge in [0, 0.05) is 13.1 Å². The first-order chi connectivity index (χ1) is 12.8. The van der Waals surface area contributed by atoms with E-state index in [4.69, 9.17) is 9.73 Å². The molecule has 0 saturated heterocycles. The number of fused-ring (bicyclic) bond motifs is 1. The van der Waals surface area contributed by atoms with E-state index in [1.165, 1.54) is 21.9 Å². The van der Waals surface area contributed by atoms with Crippen LogP contribution in [0.15, 0.2) is 59.1 Å². The zero-order valence-corrected chi connectivity index (χ0v) is 15.8. The summed E-state index contributed by atoms with van der Waals surface area (Å²) in [5.74, 6) is 0.876. The lowest BCUT2D eigenvalue weighted by molar-refractivity contribution is 0.153. The Bertz CT molecular complexity index is 782. The molecule has 0 spiro atoms. The third-order valence-corrected chi connectivity index (χ3v) is 4.73. The lowest BCUT2D eigenvalue weighted by Gasteiger charge is -2.19. The Kier molecular flexibility index (Phi) is 6.67. The number of hydrogen-bond acceptors (Lipinski definition) is 2. The van der Waals surface area contributed by atoms with Gasteiger partial charge < -0.3 is 15.4 Å². The van der Waals surface area contributed by atoms with Crippen LogP contribution in [0, 0.1) is 0 Å². The number of nitrogens with zero attached hydrogens (tertiary/aromatic N) is 1. The molecular weight excluding hydrogens is 322 g/mol. The van der Waals surface area contributed by atoms with E-state index in [-0.39, 0.29) is 6.04 Å². The molecule has 2 aromatic carbocycles. The number of aliphatic imine (C=N–C) groups is 1. The molecule has 1 atom stereocenters. The van der Waals surface area contributed by atoms with Crippen LogP contribution in [0.1, 0.15) is 38.3 Å². The Balaban J connectivity index is 1.63. The zero-order valence-electron chi connectivity index (χ0n) is 15.8. The van der Waals surface area contributed by atoms with Crippen LogP contribution in [0.4, 0.5) is 0 Å². The predicted molar refractivity (Wildman–Crippen MR) is 110 cm³/mol. The van der Waals surface area contributed by atoms with Gasteiger partial charge in [-0.3, -0.25) is 4.99 Å². The molecule has 0 saturated carbocycles. The SMILES string of the molecule is CCNC(=NCCC1=CCOCC1)NC(C)c1ccc2ccccc2c1. The van der Waals surface area contributed by atoms with Crippen LogP contribution < -0.4 is 10.6 Å². The Labute approximate surface area is 156 Å². The molecule has 0 bridgehead atoms. The van der Waals surface area contributed by atoms with Gasteiger partial charge in [0.2, 0.25) is 0 Å². The van der Waals surface area contributed by atoms with Crippen molar-refractivity contribution >= 4 is 16.7 Å². The second-order valence-electron chi connectivity index (χ2n) is 6.67. The number of ether oxygens (including phenoxy) is 1. The fourth-order valence-electron chi connectivity index (χ4n) is 3.19. The minimum Gasteiger partial charge on any atom is -0.377 e. The van der Waals surface area contributed by atoms with Crippen molar-refractivity contribution in [3.8, 4) is 0 Å². The minimum absolute atomic E-state index is 0.194. The fraction of sp³-hybridized carbons (Fsp3) is 0.409. The first-order valence-corrected chi connectivity index (χ1v) is 9.55. The number of benzene rings is 2. The number of hydrogen-bond donors (Lipinski definition) is 2.